The molecule has 1 aromatic rings. The van der Waals surface area contributed by atoms with Crippen molar-refractivity contribution in [2.45, 2.75) is 70.4 Å². The van der Waals surface area contributed by atoms with Gasteiger partial charge in [-0.3, -0.25) is 9.59 Å². The van der Waals surface area contributed by atoms with E-state index in [1.165, 1.54) is 19.3 Å². The molecule has 0 radical (unpaired) electrons. The van der Waals surface area contributed by atoms with Gasteiger partial charge in [0.15, 0.2) is 0 Å². The van der Waals surface area contributed by atoms with Crippen LogP contribution in [0, 0.1) is 0 Å². The van der Waals surface area contributed by atoms with E-state index in [9.17, 15) is 14.7 Å². The summed E-state index contributed by atoms with van der Waals surface area (Å²) < 4.78 is 0. The van der Waals surface area contributed by atoms with E-state index in [1.54, 1.807) is 13.0 Å². The molecular weight excluding hydrogens is 342 g/mol. The van der Waals surface area contributed by atoms with Gasteiger partial charge >= 0.3 is 5.97 Å². The summed E-state index contributed by atoms with van der Waals surface area (Å²) in [5.74, 6) is -0.654. The van der Waals surface area contributed by atoms with Crippen LogP contribution in [0.25, 0.3) is 0 Å². The second-order valence-corrected chi connectivity index (χ2v) is 7.37. The number of hydrogen-bond acceptors (Lipinski definition) is 3. The Morgan fingerprint density at radius 3 is 2.41 bits per heavy atom. The molecule has 2 N–H and O–H groups in total. The van der Waals surface area contributed by atoms with Gasteiger partial charge in [0.25, 0.3) is 0 Å². The normalized spacial score (nSPS) is 19.7. The van der Waals surface area contributed by atoms with E-state index in [0.29, 0.717) is 13.0 Å². The number of aryl methyl sites for hydroxylation is 1. The quantitative estimate of drug-likeness (QED) is 0.685. The average molecular weight is 373 g/mol. The topological polar surface area (TPSA) is 77.8 Å². The number of rotatable bonds is 8. The lowest BCUT2D eigenvalue weighted by Crippen LogP contribution is -2.33. The van der Waals surface area contributed by atoms with E-state index in [2.05, 4.69) is 0 Å². The maximum Gasteiger partial charge on any atom is 0.307 e. The van der Waals surface area contributed by atoms with E-state index >= 15 is 0 Å². The number of amides is 1. The highest BCUT2D eigenvalue weighted by Gasteiger charge is 2.28. The predicted octanol–water partition coefficient (Wildman–Crippen LogP) is 3.34. The van der Waals surface area contributed by atoms with Gasteiger partial charge in [-0.05, 0) is 37.3 Å². The molecule has 5 heteroatoms. The van der Waals surface area contributed by atoms with Crippen LogP contribution in [0.4, 0.5) is 0 Å². The Balaban J connectivity index is 0.000000789. The summed E-state index contributed by atoms with van der Waals surface area (Å²) in [7, 11) is 0. The predicted molar refractivity (Wildman–Crippen MR) is 106 cm³/mol. The first-order valence-electron chi connectivity index (χ1n) is 9.91. The molecule has 3 rings (SSSR count). The molecule has 1 amide bonds. The highest BCUT2D eigenvalue weighted by Crippen LogP contribution is 2.21. The van der Waals surface area contributed by atoms with Gasteiger partial charge in [0.1, 0.15) is 0 Å². The molecule has 2 aliphatic rings. The lowest BCUT2D eigenvalue weighted by atomic mass is 10.1. The van der Waals surface area contributed by atoms with Crippen molar-refractivity contribution in [2.24, 2.45) is 0 Å². The Morgan fingerprint density at radius 1 is 1.22 bits per heavy atom. The third kappa shape index (κ3) is 8.39. The fraction of sp³-hybridized carbons (Fsp3) is 0.545. The lowest BCUT2D eigenvalue weighted by molar-refractivity contribution is -0.136. The van der Waals surface area contributed by atoms with Crippen molar-refractivity contribution in [1.82, 2.24) is 4.90 Å². The standard InChI is InChI=1S/C19H25NO4.C3H6/c1-14(21)4-9-17-10-11-18(22)20(17)12-2-3-15-5-7-16(8-6-15)13-19(23)24;1-2-3-1/h4-9,14,17,21H,2-3,10-13H2,1H3,(H,23,24);1-3H2/b9-4+;. The first-order valence-corrected chi connectivity index (χ1v) is 9.91. The second-order valence-electron chi connectivity index (χ2n) is 7.37. The highest BCUT2D eigenvalue weighted by molar-refractivity contribution is 5.79. The van der Waals surface area contributed by atoms with Crippen LogP contribution in [-0.4, -0.2) is 45.7 Å². The Kier molecular flexibility index (Phi) is 8.52. The SMILES string of the molecule is C1CC1.CC(O)/C=C/C1CCC(=O)N1CCCc1ccc(CC(=O)O)cc1. The second kappa shape index (κ2) is 10.9. The van der Waals surface area contributed by atoms with E-state index < -0.39 is 12.1 Å². The number of carbonyl (C=O) groups is 2. The minimum Gasteiger partial charge on any atom is -0.481 e. The molecule has 1 aliphatic carbocycles. The number of aliphatic carboxylic acids is 1. The fourth-order valence-corrected chi connectivity index (χ4v) is 2.99. The van der Waals surface area contributed by atoms with Gasteiger partial charge in [-0.1, -0.05) is 55.7 Å². The molecule has 1 saturated carbocycles. The van der Waals surface area contributed by atoms with Crippen molar-refractivity contribution < 1.29 is 19.8 Å². The van der Waals surface area contributed by atoms with Crippen molar-refractivity contribution >= 4 is 11.9 Å². The van der Waals surface area contributed by atoms with Gasteiger partial charge < -0.3 is 15.1 Å². The first-order chi connectivity index (χ1) is 13.0. The number of carboxylic acids is 1. The zero-order valence-electron chi connectivity index (χ0n) is 16.1. The molecule has 5 nitrogen and oxygen atoms in total. The molecule has 2 atom stereocenters. The number of aliphatic hydroxyl groups excluding tert-OH is 1. The fourth-order valence-electron chi connectivity index (χ4n) is 2.99. The van der Waals surface area contributed by atoms with Crippen LogP contribution in [0.5, 0.6) is 0 Å². The molecule has 0 bridgehead atoms. The van der Waals surface area contributed by atoms with Crippen molar-refractivity contribution in [2.75, 3.05) is 6.54 Å². The molecule has 0 spiro atoms. The monoisotopic (exact) mass is 373 g/mol. The minimum atomic E-state index is -0.827. The zero-order chi connectivity index (χ0) is 19.6. The van der Waals surface area contributed by atoms with Crippen LogP contribution < -0.4 is 0 Å². The summed E-state index contributed by atoms with van der Waals surface area (Å²) in [5.41, 5.74) is 1.94. The summed E-state index contributed by atoms with van der Waals surface area (Å²) in [5, 5.41) is 18.1. The van der Waals surface area contributed by atoms with Crippen molar-refractivity contribution in [1.29, 1.82) is 0 Å². The number of carbonyl (C=O) groups excluding carboxylic acids is 1. The Morgan fingerprint density at radius 2 is 1.85 bits per heavy atom. The van der Waals surface area contributed by atoms with Crippen LogP contribution in [0.1, 0.15) is 56.6 Å². The number of nitrogens with zero attached hydrogens (tertiary/aromatic N) is 1. The molecular formula is C22H31NO4. The highest BCUT2D eigenvalue weighted by atomic mass is 16.4. The summed E-state index contributed by atoms with van der Waals surface area (Å²) in [6, 6.07) is 7.69. The Labute approximate surface area is 161 Å². The van der Waals surface area contributed by atoms with E-state index in [0.717, 1.165) is 30.4 Å². The maximum absolute atomic E-state index is 12.0. The number of carboxylic acid groups (broad SMARTS) is 1. The Hall–Kier alpha value is -2.14. The summed E-state index contributed by atoms with van der Waals surface area (Å²) in [6.45, 7) is 2.40. The summed E-state index contributed by atoms with van der Waals surface area (Å²) >= 11 is 0. The van der Waals surface area contributed by atoms with Gasteiger partial charge in [0.2, 0.25) is 5.91 Å². The van der Waals surface area contributed by atoms with E-state index in [-0.39, 0.29) is 18.4 Å². The number of benzene rings is 1. The minimum absolute atomic E-state index is 0.0415. The van der Waals surface area contributed by atoms with Crippen LogP contribution in [0.3, 0.4) is 0 Å². The van der Waals surface area contributed by atoms with Gasteiger partial charge in [-0.25, -0.2) is 0 Å². The van der Waals surface area contributed by atoms with Crippen LogP contribution in [0.15, 0.2) is 36.4 Å². The molecule has 27 heavy (non-hydrogen) atoms. The smallest absolute Gasteiger partial charge is 0.307 e. The molecule has 2 unspecified atom stereocenters. The van der Waals surface area contributed by atoms with Crippen LogP contribution in [-0.2, 0) is 22.4 Å². The first kappa shape index (κ1) is 21.2. The van der Waals surface area contributed by atoms with Gasteiger partial charge in [0.05, 0.1) is 18.6 Å². The van der Waals surface area contributed by atoms with Crippen molar-refractivity contribution in [3.05, 3.63) is 47.5 Å². The van der Waals surface area contributed by atoms with Crippen molar-refractivity contribution in [3.63, 3.8) is 0 Å². The molecule has 0 aromatic heterocycles. The molecule has 148 valence electrons. The molecule has 1 heterocycles. The number of hydrogen-bond donors (Lipinski definition) is 2. The third-order valence-corrected chi connectivity index (χ3v) is 4.58. The van der Waals surface area contributed by atoms with E-state index in [1.807, 2.05) is 35.2 Å². The zero-order valence-corrected chi connectivity index (χ0v) is 16.1. The average Bonchev–Trinajstić information content (AvgIpc) is 3.46. The largest absolute Gasteiger partial charge is 0.481 e. The third-order valence-electron chi connectivity index (χ3n) is 4.58. The number of likely N-dealkylation sites (tertiary alicyclic amines) is 1. The van der Waals surface area contributed by atoms with Gasteiger partial charge in [-0.2, -0.15) is 0 Å². The van der Waals surface area contributed by atoms with E-state index in [4.69, 9.17) is 5.11 Å². The Bertz CT molecular complexity index is 631. The summed E-state index contributed by atoms with van der Waals surface area (Å²) in [6.07, 6.45) is 10.8. The maximum atomic E-state index is 12.0. The molecule has 1 aliphatic heterocycles. The van der Waals surface area contributed by atoms with Crippen LogP contribution >= 0.6 is 0 Å². The van der Waals surface area contributed by atoms with Crippen molar-refractivity contribution in [3.8, 4) is 0 Å². The molecule has 2 fully saturated rings. The lowest BCUT2D eigenvalue weighted by Gasteiger charge is -2.22. The molecule has 1 aromatic carbocycles. The summed E-state index contributed by atoms with van der Waals surface area (Å²) in [4.78, 5) is 24.6. The number of aliphatic hydroxyl groups is 1. The van der Waals surface area contributed by atoms with Crippen LogP contribution in [0.2, 0.25) is 0 Å². The van der Waals surface area contributed by atoms with Gasteiger partial charge in [0, 0.05) is 13.0 Å². The molecule has 1 saturated heterocycles. The van der Waals surface area contributed by atoms with Gasteiger partial charge in [-0.15, -0.1) is 0 Å².